The third-order valence-electron chi connectivity index (χ3n) is 0. The minimum absolute atomic E-state index is 0.291. The van der Waals surface area contributed by atoms with Gasteiger partial charge in [-0.1, -0.05) is 0 Å². The van der Waals surface area contributed by atoms with Crippen LogP contribution >= 0.6 is 0 Å². The maximum absolute atomic E-state index is 7.95. The summed E-state index contributed by atoms with van der Waals surface area (Å²) in [6.45, 7) is 3.20. The molecule has 0 saturated carbocycles. The Morgan fingerprint density at radius 2 is 2.00 bits per heavy atom. The molecule has 0 aliphatic carbocycles. The Morgan fingerprint density at radius 1 is 2.00 bits per heavy atom. The van der Waals surface area contributed by atoms with Crippen molar-refractivity contribution in [1.29, 1.82) is 0 Å². The van der Waals surface area contributed by atoms with Crippen molar-refractivity contribution in [3.05, 3.63) is 10.4 Å². The SMILES string of the molecule is C=[C](O)[SnH3]. The van der Waals surface area contributed by atoms with E-state index >= 15 is 0 Å². The van der Waals surface area contributed by atoms with E-state index in [1.54, 1.807) is 0 Å². The Kier molecular flexibility index (Phi) is 1.78. The summed E-state index contributed by atoms with van der Waals surface area (Å²) in [7, 11) is 0. The second kappa shape index (κ2) is 1.64. The van der Waals surface area contributed by atoms with Crippen LogP contribution in [0, 0.1) is 0 Å². The predicted molar refractivity (Wildman–Crippen MR) is 21.7 cm³/mol. The summed E-state index contributed by atoms with van der Waals surface area (Å²) in [6.07, 6.45) is 0. The number of aliphatic hydroxyl groups excluding tert-OH is 1. The predicted octanol–water partition coefficient (Wildman–Crippen LogP) is -0.619. The molecule has 0 aromatic heterocycles. The van der Waals surface area contributed by atoms with Crippen molar-refractivity contribution >= 4 is 22.5 Å². The van der Waals surface area contributed by atoms with Gasteiger partial charge in [-0.05, 0) is 0 Å². The van der Waals surface area contributed by atoms with E-state index in [1.807, 2.05) is 0 Å². The molecule has 0 radical (unpaired) electrons. The molecule has 0 aromatic rings. The first-order chi connectivity index (χ1) is 1.73. The summed E-state index contributed by atoms with van der Waals surface area (Å²) in [4.78, 5) is 0. The zero-order valence-corrected chi connectivity index (χ0v) is 8.36. The van der Waals surface area contributed by atoms with Gasteiger partial charge in [0, 0.05) is 0 Å². The Morgan fingerprint density at radius 3 is 2.00 bits per heavy atom. The van der Waals surface area contributed by atoms with Gasteiger partial charge in [-0.3, -0.25) is 0 Å². The molecule has 0 aliphatic heterocycles. The van der Waals surface area contributed by atoms with Crippen molar-refractivity contribution in [2.45, 2.75) is 0 Å². The van der Waals surface area contributed by atoms with E-state index in [0.29, 0.717) is 26.3 Å². The fourth-order valence-electron chi connectivity index (χ4n) is 0. The molecule has 0 atom stereocenters. The molecule has 0 spiro atoms. The summed E-state index contributed by atoms with van der Waals surface area (Å²) in [5.41, 5.74) is 0. The molecule has 0 aliphatic rings. The summed E-state index contributed by atoms with van der Waals surface area (Å²) >= 11 is 0.291. The van der Waals surface area contributed by atoms with Crippen molar-refractivity contribution in [2.75, 3.05) is 0 Å². The second-order valence-electron chi connectivity index (χ2n) is 0.735. The topological polar surface area (TPSA) is 20.2 Å². The maximum atomic E-state index is 7.95. The molecular weight excluding hydrogens is 159 g/mol. The quantitative estimate of drug-likeness (QED) is 0.374. The summed E-state index contributed by atoms with van der Waals surface area (Å²) in [5.74, 6) is 0. The molecule has 1 N–H and O–H groups in total. The summed E-state index contributed by atoms with van der Waals surface area (Å²) in [6, 6.07) is 0. The van der Waals surface area contributed by atoms with Gasteiger partial charge in [0.2, 0.25) is 0 Å². The van der Waals surface area contributed by atoms with Gasteiger partial charge >= 0.3 is 38.0 Å². The molecule has 0 unspecified atom stereocenters. The number of aliphatic hydroxyl groups is 1. The van der Waals surface area contributed by atoms with E-state index < -0.39 is 0 Å². The van der Waals surface area contributed by atoms with Crippen molar-refractivity contribution < 1.29 is 5.11 Å². The first-order valence-corrected chi connectivity index (χ1v) is 3.93. The molecule has 0 saturated heterocycles. The van der Waals surface area contributed by atoms with Crippen LogP contribution < -0.4 is 0 Å². The van der Waals surface area contributed by atoms with Gasteiger partial charge in [0.1, 0.15) is 0 Å². The fourth-order valence-corrected chi connectivity index (χ4v) is 0. The molecule has 2 heteroatoms. The zero-order valence-electron chi connectivity index (χ0n) is 2.65. The van der Waals surface area contributed by atoms with Gasteiger partial charge in [-0.25, -0.2) is 0 Å². The third-order valence-corrected chi connectivity index (χ3v) is 0. The number of rotatable bonds is 0. The Hall–Kier alpha value is 0.339. The van der Waals surface area contributed by atoms with Gasteiger partial charge < -0.3 is 0 Å². The molecular formula is C2H6OSn. The Labute approximate surface area is 38.4 Å². The molecule has 0 amide bonds. The van der Waals surface area contributed by atoms with Crippen molar-refractivity contribution in [1.82, 2.24) is 0 Å². The van der Waals surface area contributed by atoms with Gasteiger partial charge in [-0.2, -0.15) is 0 Å². The van der Waals surface area contributed by atoms with Crippen LogP contribution in [0.2, 0.25) is 0 Å². The minimum atomic E-state index is 0.291. The van der Waals surface area contributed by atoms with Crippen LogP contribution in [0.15, 0.2) is 10.4 Å². The Bertz CT molecular complexity index is 29.0. The van der Waals surface area contributed by atoms with Gasteiger partial charge in [0.15, 0.2) is 0 Å². The van der Waals surface area contributed by atoms with Gasteiger partial charge in [0.25, 0.3) is 0 Å². The molecule has 0 aromatic carbocycles. The van der Waals surface area contributed by atoms with E-state index in [-0.39, 0.29) is 0 Å². The van der Waals surface area contributed by atoms with Crippen LogP contribution in [-0.4, -0.2) is 27.6 Å². The van der Waals surface area contributed by atoms with E-state index in [1.165, 1.54) is 0 Å². The number of hydrogen-bond acceptors (Lipinski definition) is 1. The van der Waals surface area contributed by atoms with E-state index in [4.69, 9.17) is 5.11 Å². The average molecular weight is 165 g/mol. The van der Waals surface area contributed by atoms with Gasteiger partial charge in [-0.15, -0.1) is 0 Å². The standard InChI is InChI=1S/C2H3O.Sn.3H/c1-2-3;;;;/h3H,1H2;;;;. The van der Waals surface area contributed by atoms with Crippen LogP contribution in [-0.2, 0) is 0 Å². The van der Waals surface area contributed by atoms with Crippen LogP contribution in [0.1, 0.15) is 0 Å². The van der Waals surface area contributed by atoms with Crippen molar-refractivity contribution in [3.8, 4) is 0 Å². The second-order valence-corrected chi connectivity index (χ2v) is 4.03. The average Bonchev–Trinajstić information content (AvgIpc) is 0.811. The number of hydrogen-bond donors (Lipinski definition) is 1. The van der Waals surface area contributed by atoms with Crippen LogP contribution in [0.25, 0.3) is 0 Å². The molecule has 0 bridgehead atoms. The molecule has 0 fully saturated rings. The normalized spacial score (nSPS) is 7.00. The summed E-state index contributed by atoms with van der Waals surface area (Å²) in [5, 5.41) is 7.95. The first-order valence-electron chi connectivity index (χ1n) is 1.08. The van der Waals surface area contributed by atoms with E-state index in [9.17, 15) is 0 Å². The van der Waals surface area contributed by atoms with Crippen LogP contribution in [0.4, 0.5) is 0 Å². The molecule has 4 heavy (non-hydrogen) atoms. The molecule has 1 nitrogen and oxygen atoms in total. The monoisotopic (exact) mass is 166 g/mol. The molecule has 0 heterocycles. The van der Waals surface area contributed by atoms with E-state index in [0.717, 1.165) is 0 Å². The Balaban J connectivity index is 2.80. The third kappa shape index (κ3) is 36.5. The first kappa shape index (κ1) is 4.34. The van der Waals surface area contributed by atoms with Crippen molar-refractivity contribution in [2.24, 2.45) is 0 Å². The van der Waals surface area contributed by atoms with Gasteiger partial charge in [0.05, 0.1) is 0 Å². The zero-order chi connectivity index (χ0) is 3.58. The van der Waals surface area contributed by atoms with Crippen molar-refractivity contribution in [3.63, 3.8) is 0 Å². The fraction of sp³-hybridized carbons (Fsp3) is 0. The van der Waals surface area contributed by atoms with Crippen LogP contribution in [0.3, 0.4) is 0 Å². The van der Waals surface area contributed by atoms with E-state index in [2.05, 4.69) is 6.58 Å². The molecule has 24 valence electrons. The molecule has 0 rings (SSSR count). The summed E-state index contributed by atoms with van der Waals surface area (Å²) < 4.78 is 0.377. The van der Waals surface area contributed by atoms with Crippen LogP contribution in [0.5, 0.6) is 0 Å².